The van der Waals surface area contributed by atoms with E-state index in [0.29, 0.717) is 0 Å². The Labute approximate surface area is 114 Å². The minimum absolute atomic E-state index is 0.0463. The molecule has 3 atom stereocenters. The molecule has 0 bridgehead atoms. The maximum absolute atomic E-state index is 12.2. The van der Waals surface area contributed by atoms with Crippen LogP contribution in [0.1, 0.15) is 31.4 Å². The van der Waals surface area contributed by atoms with Crippen LogP contribution in [0.4, 0.5) is 0 Å². The Morgan fingerprint density at radius 1 is 1.42 bits per heavy atom. The Balaban J connectivity index is 1.91. The molecule has 1 amide bonds. The van der Waals surface area contributed by atoms with Crippen molar-refractivity contribution in [3.05, 3.63) is 35.9 Å². The first-order chi connectivity index (χ1) is 9.18. The van der Waals surface area contributed by atoms with E-state index in [1.807, 2.05) is 37.3 Å². The molecule has 0 spiro atoms. The summed E-state index contributed by atoms with van der Waals surface area (Å²) in [5.41, 5.74) is 7.17. The summed E-state index contributed by atoms with van der Waals surface area (Å²) in [5, 5.41) is 6.38. The highest BCUT2D eigenvalue weighted by molar-refractivity contribution is 5.79. The molecule has 1 aromatic carbocycles. The largest absolute Gasteiger partial charge is 0.352 e. The van der Waals surface area contributed by atoms with Crippen molar-refractivity contribution in [3.63, 3.8) is 0 Å². The number of carbonyl (C=O) groups excluding carboxylic acids is 1. The zero-order valence-corrected chi connectivity index (χ0v) is 11.4. The molecular weight excluding hydrogens is 238 g/mol. The number of benzene rings is 1. The van der Waals surface area contributed by atoms with E-state index in [-0.39, 0.29) is 23.9 Å². The third kappa shape index (κ3) is 3.78. The number of nitrogens with two attached hydrogens (primary N) is 1. The molecule has 1 saturated heterocycles. The summed E-state index contributed by atoms with van der Waals surface area (Å²) in [7, 11) is 0. The van der Waals surface area contributed by atoms with E-state index in [0.717, 1.165) is 31.5 Å². The summed E-state index contributed by atoms with van der Waals surface area (Å²) in [6, 6.07) is 9.78. The van der Waals surface area contributed by atoms with Crippen LogP contribution >= 0.6 is 0 Å². The highest BCUT2D eigenvalue weighted by Crippen LogP contribution is 2.19. The summed E-state index contributed by atoms with van der Waals surface area (Å²) in [5.74, 6) is -0.172. The van der Waals surface area contributed by atoms with Gasteiger partial charge in [0.25, 0.3) is 0 Å². The molecule has 19 heavy (non-hydrogen) atoms. The first-order valence-corrected chi connectivity index (χ1v) is 7.00. The molecule has 4 heteroatoms. The predicted octanol–water partition coefficient (Wildman–Crippen LogP) is 1.19. The molecule has 1 aliphatic heterocycles. The fraction of sp³-hybridized carbons (Fsp3) is 0.533. The second kappa shape index (κ2) is 6.68. The van der Waals surface area contributed by atoms with Gasteiger partial charge in [0.1, 0.15) is 0 Å². The predicted molar refractivity (Wildman–Crippen MR) is 76.6 cm³/mol. The third-order valence-electron chi connectivity index (χ3n) is 3.78. The van der Waals surface area contributed by atoms with E-state index in [9.17, 15) is 4.79 Å². The number of piperidine rings is 1. The fourth-order valence-electron chi connectivity index (χ4n) is 2.43. The fourth-order valence-corrected chi connectivity index (χ4v) is 2.43. The van der Waals surface area contributed by atoms with Gasteiger partial charge in [-0.05, 0) is 24.9 Å². The summed E-state index contributed by atoms with van der Waals surface area (Å²) in [6.45, 7) is 3.80. The quantitative estimate of drug-likeness (QED) is 0.762. The van der Waals surface area contributed by atoms with Gasteiger partial charge in [-0.3, -0.25) is 4.79 Å². The maximum atomic E-state index is 12.2. The van der Waals surface area contributed by atoms with Crippen LogP contribution in [0.3, 0.4) is 0 Å². The summed E-state index contributed by atoms with van der Waals surface area (Å²) < 4.78 is 0. The number of hydrogen-bond donors (Lipinski definition) is 3. The first-order valence-electron chi connectivity index (χ1n) is 7.00. The zero-order valence-electron chi connectivity index (χ0n) is 11.4. The van der Waals surface area contributed by atoms with Gasteiger partial charge in [-0.25, -0.2) is 0 Å². The van der Waals surface area contributed by atoms with Crippen molar-refractivity contribution in [2.24, 2.45) is 11.7 Å². The van der Waals surface area contributed by atoms with Crippen LogP contribution in [0.25, 0.3) is 0 Å². The lowest BCUT2D eigenvalue weighted by Crippen LogP contribution is -2.48. The number of rotatable bonds is 4. The third-order valence-corrected chi connectivity index (χ3v) is 3.78. The molecule has 0 aromatic heterocycles. The van der Waals surface area contributed by atoms with E-state index in [1.54, 1.807) is 0 Å². The molecular formula is C15H23N3O. The monoisotopic (exact) mass is 261 g/mol. The van der Waals surface area contributed by atoms with Crippen LogP contribution in [0.5, 0.6) is 0 Å². The Bertz CT molecular complexity index is 401. The van der Waals surface area contributed by atoms with Crippen LogP contribution in [0, 0.1) is 5.92 Å². The Morgan fingerprint density at radius 3 is 2.79 bits per heavy atom. The van der Waals surface area contributed by atoms with Gasteiger partial charge in [-0.15, -0.1) is 0 Å². The summed E-state index contributed by atoms with van der Waals surface area (Å²) in [6.07, 6.45) is 2.16. The van der Waals surface area contributed by atoms with Crippen molar-refractivity contribution in [1.82, 2.24) is 10.6 Å². The molecule has 0 aliphatic carbocycles. The Kier molecular flexibility index (Phi) is 4.93. The first kappa shape index (κ1) is 14.0. The molecule has 1 aliphatic rings. The van der Waals surface area contributed by atoms with Crippen LogP contribution in [0.15, 0.2) is 30.3 Å². The summed E-state index contributed by atoms with van der Waals surface area (Å²) in [4.78, 5) is 12.2. The topological polar surface area (TPSA) is 67.2 Å². The molecule has 1 heterocycles. The van der Waals surface area contributed by atoms with E-state index in [2.05, 4.69) is 10.6 Å². The second-order valence-corrected chi connectivity index (χ2v) is 5.28. The van der Waals surface area contributed by atoms with Crippen molar-refractivity contribution in [3.8, 4) is 0 Å². The lowest BCUT2D eigenvalue weighted by atomic mass is 9.94. The number of amides is 1. The molecule has 1 fully saturated rings. The van der Waals surface area contributed by atoms with Gasteiger partial charge in [0, 0.05) is 18.6 Å². The van der Waals surface area contributed by atoms with Gasteiger partial charge in [-0.2, -0.15) is 0 Å². The Hall–Kier alpha value is -1.39. The second-order valence-electron chi connectivity index (χ2n) is 5.28. The molecule has 1 aromatic rings. The van der Waals surface area contributed by atoms with Crippen LogP contribution in [0.2, 0.25) is 0 Å². The molecule has 2 rings (SSSR count). The maximum Gasteiger partial charge on any atom is 0.225 e. The number of nitrogens with one attached hydrogen (secondary N) is 2. The highest BCUT2D eigenvalue weighted by Gasteiger charge is 2.24. The lowest BCUT2D eigenvalue weighted by Gasteiger charge is -2.27. The van der Waals surface area contributed by atoms with Gasteiger partial charge in [0.15, 0.2) is 0 Å². The van der Waals surface area contributed by atoms with E-state index in [4.69, 9.17) is 5.73 Å². The van der Waals surface area contributed by atoms with E-state index in [1.165, 1.54) is 0 Å². The zero-order chi connectivity index (χ0) is 13.7. The standard InChI is InChI=1S/C15H23N3O/c1-11(14(16)12-6-3-2-4-7-12)15(19)18-13-8-5-9-17-10-13/h2-4,6-7,11,13-14,17H,5,8-10,16H2,1H3,(H,18,19)/t11?,13-,14?/m0/s1. The SMILES string of the molecule is CC(C(=O)N[C@H]1CCCNC1)C(N)c1ccccc1. The molecule has 4 nitrogen and oxygen atoms in total. The molecule has 0 radical (unpaired) electrons. The number of hydrogen-bond acceptors (Lipinski definition) is 3. The molecule has 0 saturated carbocycles. The average molecular weight is 261 g/mol. The highest BCUT2D eigenvalue weighted by atomic mass is 16.2. The van der Waals surface area contributed by atoms with Crippen LogP contribution < -0.4 is 16.4 Å². The van der Waals surface area contributed by atoms with Gasteiger partial charge >= 0.3 is 0 Å². The van der Waals surface area contributed by atoms with Crippen molar-refractivity contribution in [2.45, 2.75) is 31.8 Å². The van der Waals surface area contributed by atoms with Gasteiger partial charge in [-0.1, -0.05) is 37.3 Å². The van der Waals surface area contributed by atoms with Gasteiger partial charge < -0.3 is 16.4 Å². The van der Waals surface area contributed by atoms with Crippen molar-refractivity contribution < 1.29 is 4.79 Å². The van der Waals surface area contributed by atoms with Crippen LogP contribution in [-0.4, -0.2) is 25.0 Å². The minimum Gasteiger partial charge on any atom is -0.352 e. The van der Waals surface area contributed by atoms with Crippen molar-refractivity contribution in [2.75, 3.05) is 13.1 Å². The van der Waals surface area contributed by atoms with Crippen molar-refractivity contribution >= 4 is 5.91 Å². The van der Waals surface area contributed by atoms with E-state index >= 15 is 0 Å². The smallest absolute Gasteiger partial charge is 0.225 e. The number of carbonyl (C=O) groups is 1. The minimum atomic E-state index is -0.252. The van der Waals surface area contributed by atoms with Crippen molar-refractivity contribution in [1.29, 1.82) is 0 Å². The molecule has 4 N–H and O–H groups in total. The Morgan fingerprint density at radius 2 is 2.16 bits per heavy atom. The van der Waals surface area contributed by atoms with E-state index < -0.39 is 0 Å². The average Bonchev–Trinajstić information content (AvgIpc) is 2.47. The normalized spacial score (nSPS) is 22.5. The van der Waals surface area contributed by atoms with Crippen LogP contribution in [-0.2, 0) is 4.79 Å². The molecule has 2 unspecified atom stereocenters. The summed E-state index contributed by atoms with van der Waals surface area (Å²) >= 11 is 0. The molecule has 104 valence electrons. The lowest BCUT2D eigenvalue weighted by molar-refractivity contribution is -0.126. The van der Waals surface area contributed by atoms with Gasteiger partial charge in [0.05, 0.1) is 5.92 Å². The van der Waals surface area contributed by atoms with Gasteiger partial charge in [0.2, 0.25) is 5.91 Å².